The van der Waals surface area contributed by atoms with Crippen LogP contribution < -0.4 is 0 Å². The highest BCUT2D eigenvalue weighted by molar-refractivity contribution is 5.32. The Labute approximate surface area is 96.3 Å². The smallest absolute Gasteiger partial charge is 0.129 e. The predicted molar refractivity (Wildman–Crippen MR) is 62.7 cm³/mol. The third-order valence-electron chi connectivity index (χ3n) is 3.66. The van der Waals surface area contributed by atoms with Gasteiger partial charge in [-0.05, 0) is 55.2 Å². The Morgan fingerprint density at radius 2 is 1.75 bits per heavy atom. The van der Waals surface area contributed by atoms with Crippen molar-refractivity contribution in [3.63, 3.8) is 0 Å². The van der Waals surface area contributed by atoms with Gasteiger partial charge in [-0.25, -0.2) is 4.39 Å². The Morgan fingerprint density at radius 1 is 1.25 bits per heavy atom. The zero-order valence-corrected chi connectivity index (χ0v) is 10.1. The van der Waals surface area contributed by atoms with E-state index in [9.17, 15) is 9.50 Å². The van der Waals surface area contributed by atoms with Crippen molar-refractivity contribution in [1.82, 2.24) is 0 Å². The van der Waals surface area contributed by atoms with Gasteiger partial charge in [-0.3, -0.25) is 0 Å². The molecule has 1 fully saturated rings. The summed E-state index contributed by atoms with van der Waals surface area (Å²) in [6, 6.07) is 3.54. The second kappa shape index (κ2) is 4.17. The van der Waals surface area contributed by atoms with Crippen molar-refractivity contribution in [2.75, 3.05) is 0 Å². The van der Waals surface area contributed by atoms with Gasteiger partial charge in [0.1, 0.15) is 5.82 Å². The molecule has 0 bridgehead atoms. The van der Waals surface area contributed by atoms with Crippen LogP contribution >= 0.6 is 0 Å². The number of hydrogen-bond donors (Lipinski definition) is 1. The molecule has 1 aromatic rings. The Bertz CT molecular complexity index is 373. The molecule has 0 radical (unpaired) electrons. The summed E-state index contributed by atoms with van der Waals surface area (Å²) >= 11 is 0. The summed E-state index contributed by atoms with van der Waals surface area (Å²) in [4.78, 5) is 0. The minimum Gasteiger partial charge on any atom is -0.388 e. The Balaban J connectivity index is 2.25. The first-order valence-electron chi connectivity index (χ1n) is 5.95. The van der Waals surface area contributed by atoms with Gasteiger partial charge in [0, 0.05) is 0 Å². The molecule has 0 heterocycles. The monoisotopic (exact) mass is 222 g/mol. The van der Waals surface area contributed by atoms with Gasteiger partial charge in [-0.1, -0.05) is 19.1 Å². The molecule has 1 aliphatic carbocycles. The molecule has 2 rings (SSSR count). The number of hydrogen-bond acceptors (Lipinski definition) is 1. The topological polar surface area (TPSA) is 20.2 Å². The fraction of sp³-hybridized carbons (Fsp3) is 0.571. The Hall–Kier alpha value is -0.890. The summed E-state index contributed by atoms with van der Waals surface area (Å²) in [5, 5.41) is 10.2. The standard InChI is InChI=1S/C14H19FO/c1-8-6-12(7-9(2)13(8)15)14(16)10(3)11-4-5-11/h6-7,10-11,14,16H,4-5H2,1-3H3. The van der Waals surface area contributed by atoms with Crippen LogP contribution in [0.5, 0.6) is 0 Å². The molecule has 2 unspecified atom stereocenters. The van der Waals surface area contributed by atoms with E-state index in [4.69, 9.17) is 0 Å². The molecule has 1 N–H and O–H groups in total. The summed E-state index contributed by atoms with van der Waals surface area (Å²) in [5.41, 5.74) is 2.10. The molecule has 0 saturated heterocycles. The molecule has 1 aromatic carbocycles. The summed E-state index contributed by atoms with van der Waals surface area (Å²) < 4.78 is 13.5. The summed E-state index contributed by atoms with van der Waals surface area (Å²) in [6.45, 7) is 5.58. The van der Waals surface area contributed by atoms with Crippen molar-refractivity contribution in [3.8, 4) is 0 Å². The second-order valence-corrected chi connectivity index (χ2v) is 5.11. The van der Waals surface area contributed by atoms with Crippen LogP contribution in [0.25, 0.3) is 0 Å². The van der Waals surface area contributed by atoms with Gasteiger partial charge in [0.05, 0.1) is 6.10 Å². The van der Waals surface area contributed by atoms with E-state index < -0.39 is 6.10 Å². The number of aliphatic hydroxyl groups excluding tert-OH is 1. The van der Waals surface area contributed by atoms with Crippen LogP contribution in [0, 0.1) is 31.5 Å². The number of halogens is 1. The average molecular weight is 222 g/mol. The van der Waals surface area contributed by atoms with Gasteiger partial charge < -0.3 is 5.11 Å². The first kappa shape index (κ1) is 11.6. The van der Waals surface area contributed by atoms with E-state index in [0.717, 1.165) is 5.56 Å². The molecule has 16 heavy (non-hydrogen) atoms. The SMILES string of the molecule is Cc1cc(C(O)C(C)C2CC2)cc(C)c1F. The van der Waals surface area contributed by atoms with E-state index in [-0.39, 0.29) is 11.7 Å². The maximum Gasteiger partial charge on any atom is 0.129 e. The van der Waals surface area contributed by atoms with Crippen LogP contribution in [0.3, 0.4) is 0 Å². The van der Waals surface area contributed by atoms with Crippen LogP contribution in [0.1, 0.15) is 42.6 Å². The second-order valence-electron chi connectivity index (χ2n) is 5.11. The van der Waals surface area contributed by atoms with E-state index in [1.807, 2.05) is 0 Å². The lowest BCUT2D eigenvalue weighted by molar-refractivity contribution is 0.105. The van der Waals surface area contributed by atoms with Crippen LogP contribution in [-0.2, 0) is 0 Å². The van der Waals surface area contributed by atoms with Gasteiger partial charge in [-0.15, -0.1) is 0 Å². The molecule has 2 heteroatoms. The van der Waals surface area contributed by atoms with E-state index in [2.05, 4.69) is 6.92 Å². The molecule has 0 aromatic heterocycles. The third-order valence-corrected chi connectivity index (χ3v) is 3.66. The highest BCUT2D eigenvalue weighted by Gasteiger charge is 2.33. The molecular weight excluding hydrogens is 203 g/mol. The Morgan fingerprint density at radius 3 is 2.19 bits per heavy atom. The highest BCUT2D eigenvalue weighted by atomic mass is 19.1. The molecular formula is C14H19FO. The quantitative estimate of drug-likeness (QED) is 0.829. The lowest BCUT2D eigenvalue weighted by Gasteiger charge is -2.20. The van der Waals surface area contributed by atoms with Gasteiger partial charge in [-0.2, -0.15) is 0 Å². The van der Waals surface area contributed by atoms with E-state index in [1.165, 1.54) is 12.8 Å². The highest BCUT2D eigenvalue weighted by Crippen LogP contribution is 2.42. The van der Waals surface area contributed by atoms with Crippen molar-refractivity contribution < 1.29 is 9.50 Å². The van der Waals surface area contributed by atoms with Crippen LogP contribution in [-0.4, -0.2) is 5.11 Å². The maximum atomic E-state index is 13.5. The van der Waals surface area contributed by atoms with E-state index in [0.29, 0.717) is 17.0 Å². The van der Waals surface area contributed by atoms with Crippen LogP contribution in [0.2, 0.25) is 0 Å². The van der Waals surface area contributed by atoms with Crippen molar-refractivity contribution >= 4 is 0 Å². The predicted octanol–water partition coefficient (Wildman–Crippen LogP) is 3.52. The summed E-state index contributed by atoms with van der Waals surface area (Å²) in [7, 11) is 0. The lowest BCUT2D eigenvalue weighted by atomic mass is 9.91. The normalized spacial score (nSPS) is 19.6. The fourth-order valence-corrected chi connectivity index (χ4v) is 2.33. The zero-order chi connectivity index (χ0) is 11.9. The Kier molecular flexibility index (Phi) is 3.02. The van der Waals surface area contributed by atoms with Gasteiger partial charge in [0.2, 0.25) is 0 Å². The van der Waals surface area contributed by atoms with Crippen molar-refractivity contribution in [3.05, 3.63) is 34.6 Å². The fourth-order valence-electron chi connectivity index (χ4n) is 2.33. The van der Waals surface area contributed by atoms with Crippen molar-refractivity contribution in [2.24, 2.45) is 11.8 Å². The van der Waals surface area contributed by atoms with Crippen LogP contribution in [0.15, 0.2) is 12.1 Å². The molecule has 0 aliphatic heterocycles. The number of aliphatic hydroxyl groups is 1. The van der Waals surface area contributed by atoms with Gasteiger partial charge >= 0.3 is 0 Å². The first-order valence-corrected chi connectivity index (χ1v) is 5.95. The number of aryl methyl sites for hydroxylation is 2. The zero-order valence-electron chi connectivity index (χ0n) is 10.1. The largest absolute Gasteiger partial charge is 0.388 e. The molecule has 1 nitrogen and oxygen atoms in total. The van der Waals surface area contributed by atoms with Crippen LogP contribution in [0.4, 0.5) is 4.39 Å². The molecule has 1 saturated carbocycles. The van der Waals surface area contributed by atoms with E-state index in [1.54, 1.807) is 26.0 Å². The lowest BCUT2D eigenvalue weighted by Crippen LogP contribution is -2.12. The first-order chi connectivity index (χ1) is 7.50. The van der Waals surface area contributed by atoms with E-state index >= 15 is 0 Å². The molecule has 0 amide bonds. The maximum absolute atomic E-state index is 13.5. The number of benzene rings is 1. The molecule has 1 aliphatic rings. The average Bonchev–Trinajstić information content (AvgIpc) is 3.06. The van der Waals surface area contributed by atoms with Gasteiger partial charge in [0.25, 0.3) is 0 Å². The van der Waals surface area contributed by atoms with Crippen molar-refractivity contribution in [1.29, 1.82) is 0 Å². The summed E-state index contributed by atoms with van der Waals surface area (Å²) in [6.07, 6.45) is 1.99. The molecule has 2 atom stereocenters. The number of rotatable bonds is 3. The third kappa shape index (κ3) is 2.12. The minimum absolute atomic E-state index is 0.157. The molecule has 0 spiro atoms. The molecule has 88 valence electrons. The minimum atomic E-state index is -0.453. The van der Waals surface area contributed by atoms with Gasteiger partial charge in [0.15, 0.2) is 0 Å². The van der Waals surface area contributed by atoms with Crippen molar-refractivity contribution in [2.45, 2.75) is 39.7 Å². The summed E-state index contributed by atoms with van der Waals surface area (Å²) in [5.74, 6) is 0.778.